The van der Waals surface area contributed by atoms with E-state index in [2.05, 4.69) is 19.3 Å². The molecule has 0 saturated carbocycles. The van der Waals surface area contributed by atoms with Crippen LogP contribution in [0.3, 0.4) is 0 Å². The third-order valence-corrected chi connectivity index (χ3v) is 5.88. The quantitative estimate of drug-likeness (QED) is 0.583. The maximum atomic E-state index is 4.92. The van der Waals surface area contributed by atoms with Crippen LogP contribution in [0.4, 0.5) is 0 Å². The minimum absolute atomic E-state index is 0.483. The van der Waals surface area contributed by atoms with Gasteiger partial charge in [0.05, 0.1) is 11.7 Å². The van der Waals surface area contributed by atoms with Crippen LogP contribution in [-0.2, 0) is 12.8 Å². The molecule has 0 fully saturated rings. The molecule has 0 aliphatic heterocycles. The third kappa shape index (κ3) is 5.37. The highest BCUT2D eigenvalue weighted by atomic mass is 32.1. The number of nitrogens with one attached hydrogen (secondary N) is 1. The average Bonchev–Trinajstić information content (AvgIpc) is 2.94. The van der Waals surface area contributed by atoms with E-state index in [1.54, 1.807) is 4.88 Å². The molecular weight excluding hydrogens is 276 g/mol. The van der Waals surface area contributed by atoms with Gasteiger partial charge in [0, 0.05) is 4.88 Å². The summed E-state index contributed by atoms with van der Waals surface area (Å²) >= 11 is 1.97. The summed E-state index contributed by atoms with van der Waals surface area (Å²) in [6.07, 6.45) is 16.1. The summed E-state index contributed by atoms with van der Waals surface area (Å²) in [4.78, 5) is 6.48. The largest absolute Gasteiger partial charge is 0.311 e. The maximum absolute atomic E-state index is 4.92. The standard InChI is InChI=1S/C18H32N2S/c1-3-4-5-6-7-8-9-13-16(19-2)18-20-15-12-10-11-14-17(15)21-18/h16,19H,3-14H2,1-2H3. The van der Waals surface area contributed by atoms with Crippen LogP contribution in [0.2, 0.25) is 0 Å². The summed E-state index contributed by atoms with van der Waals surface area (Å²) in [5.41, 5.74) is 1.40. The smallest absolute Gasteiger partial charge is 0.110 e. The fourth-order valence-corrected chi connectivity index (χ4v) is 4.52. The van der Waals surface area contributed by atoms with E-state index in [1.807, 2.05) is 11.3 Å². The predicted octanol–water partition coefficient (Wildman–Crippen LogP) is 5.42. The van der Waals surface area contributed by atoms with Crippen molar-refractivity contribution >= 4 is 11.3 Å². The van der Waals surface area contributed by atoms with Gasteiger partial charge in [0.25, 0.3) is 0 Å². The van der Waals surface area contributed by atoms with Crippen molar-refractivity contribution in [2.75, 3.05) is 7.05 Å². The average molecular weight is 309 g/mol. The molecule has 120 valence electrons. The molecule has 1 aromatic rings. The SMILES string of the molecule is CCCCCCCCCC(NC)c1nc2c(s1)CCCC2. The Morgan fingerprint density at radius 1 is 1.05 bits per heavy atom. The lowest BCUT2D eigenvalue weighted by Crippen LogP contribution is -2.16. The fourth-order valence-electron chi connectivity index (χ4n) is 3.22. The van der Waals surface area contributed by atoms with Gasteiger partial charge in [0.15, 0.2) is 0 Å². The Morgan fingerprint density at radius 3 is 2.48 bits per heavy atom. The molecule has 1 aromatic heterocycles. The van der Waals surface area contributed by atoms with Crippen LogP contribution in [0.25, 0.3) is 0 Å². The first-order chi connectivity index (χ1) is 10.3. The Labute approximate surface area is 134 Å². The molecule has 1 aliphatic rings. The summed E-state index contributed by atoms with van der Waals surface area (Å²) in [6, 6.07) is 0.483. The molecule has 2 nitrogen and oxygen atoms in total. The third-order valence-electron chi connectivity index (χ3n) is 4.61. The number of thiazole rings is 1. The second-order valence-electron chi connectivity index (χ2n) is 6.38. The van der Waals surface area contributed by atoms with Crippen LogP contribution in [0.15, 0.2) is 0 Å². The monoisotopic (exact) mass is 308 g/mol. The highest BCUT2D eigenvalue weighted by molar-refractivity contribution is 7.11. The normalized spacial score (nSPS) is 15.9. The molecule has 2 rings (SSSR count). The zero-order valence-corrected chi connectivity index (χ0v) is 14.7. The van der Waals surface area contributed by atoms with E-state index in [1.165, 1.54) is 87.8 Å². The van der Waals surface area contributed by atoms with Gasteiger partial charge in [0.1, 0.15) is 5.01 Å². The highest BCUT2D eigenvalue weighted by Crippen LogP contribution is 2.31. The molecule has 1 aliphatic carbocycles. The van der Waals surface area contributed by atoms with Crippen molar-refractivity contribution in [1.29, 1.82) is 0 Å². The van der Waals surface area contributed by atoms with E-state index in [0.29, 0.717) is 6.04 Å². The number of rotatable bonds is 10. The van der Waals surface area contributed by atoms with Crippen LogP contribution < -0.4 is 5.32 Å². The zero-order valence-electron chi connectivity index (χ0n) is 13.9. The summed E-state index contributed by atoms with van der Waals surface area (Å²) in [6.45, 7) is 2.28. The van der Waals surface area contributed by atoms with Crippen LogP contribution in [0.1, 0.15) is 92.8 Å². The number of hydrogen-bond acceptors (Lipinski definition) is 3. The van der Waals surface area contributed by atoms with Gasteiger partial charge in [-0.05, 0) is 39.2 Å². The number of fused-ring (bicyclic) bond motifs is 1. The van der Waals surface area contributed by atoms with Crippen molar-refractivity contribution in [1.82, 2.24) is 10.3 Å². The lowest BCUT2D eigenvalue weighted by atomic mass is 10.0. The van der Waals surface area contributed by atoms with Gasteiger partial charge >= 0.3 is 0 Å². The van der Waals surface area contributed by atoms with E-state index in [9.17, 15) is 0 Å². The van der Waals surface area contributed by atoms with E-state index < -0.39 is 0 Å². The number of aromatic nitrogens is 1. The summed E-state index contributed by atoms with van der Waals surface area (Å²) < 4.78 is 0. The van der Waals surface area contributed by atoms with Crippen LogP contribution in [0, 0.1) is 0 Å². The van der Waals surface area contributed by atoms with Crippen molar-refractivity contribution in [2.24, 2.45) is 0 Å². The molecule has 0 aromatic carbocycles. The molecule has 0 bridgehead atoms. The molecule has 0 saturated heterocycles. The summed E-state index contributed by atoms with van der Waals surface area (Å²) in [7, 11) is 2.09. The second kappa shape index (κ2) is 9.58. The van der Waals surface area contributed by atoms with E-state index in [4.69, 9.17) is 4.98 Å². The number of aryl methyl sites for hydroxylation is 2. The van der Waals surface area contributed by atoms with Crippen molar-refractivity contribution in [2.45, 2.75) is 90.0 Å². The van der Waals surface area contributed by atoms with Gasteiger partial charge in [-0.15, -0.1) is 11.3 Å². The first kappa shape index (κ1) is 17.0. The van der Waals surface area contributed by atoms with Crippen LogP contribution in [-0.4, -0.2) is 12.0 Å². The van der Waals surface area contributed by atoms with Gasteiger partial charge in [-0.3, -0.25) is 0 Å². The predicted molar refractivity (Wildman–Crippen MR) is 93.2 cm³/mol. The van der Waals surface area contributed by atoms with Crippen LogP contribution >= 0.6 is 11.3 Å². The van der Waals surface area contributed by atoms with Crippen LogP contribution in [0.5, 0.6) is 0 Å². The van der Waals surface area contributed by atoms with E-state index in [-0.39, 0.29) is 0 Å². The Hall–Kier alpha value is -0.410. The molecule has 0 amide bonds. The minimum atomic E-state index is 0.483. The molecule has 0 radical (unpaired) electrons. The molecule has 21 heavy (non-hydrogen) atoms. The van der Waals surface area contributed by atoms with Gasteiger partial charge in [0.2, 0.25) is 0 Å². The van der Waals surface area contributed by atoms with Crippen molar-refractivity contribution in [3.8, 4) is 0 Å². The zero-order chi connectivity index (χ0) is 14.9. The van der Waals surface area contributed by atoms with Crippen molar-refractivity contribution < 1.29 is 0 Å². The maximum Gasteiger partial charge on any atom is 0.110 e. The van der Waals surface area contributed by atoms with Crippen molar-refractivity contribution in [3.05, 3.63) is 15.6 Å². The molecule has 1 N–H and O–H groups in total. The Morgan fingerprint density at radius 2 is 1.76 bits per heavy atom. The van der Waals surface area contributed by atoms with Gasteiger partial charge in [-0.25, -0.2) is 4.98 Å². The lowest BCUT2D eigenvalue weighted by molar-refractivity contribution is 0.493. The van der Waals surface area contributed by atoms with E-state index in [0.717, 1.165) is 0 Å². The number of unbranched alkanes of at least 4 members (excludes halogenated alkanes) is 6. The first-order valence-corrected chi connectivity index (χ1v) is 9.82. The number of hydrogen-bond donors (Lipinski definition) is 1. The molecule has 1 heterocycles. The second-order valence-corrected chi connectivity index (χ2v) is 7.50. The molecule has 1 atom stereocenters. The number of nitrogens with zero attached hydrogens (tertiary/aromatic N) is 1. The summed E-state index contributed by atoms with van der Waals surface area (Å²) in [5.74, 6) is 0. The molecule has 0 spiro atoms. The minimum Gasteiger partial charge on any atom is -0.311 e. The molecule has 3 heteroatoms. The lowest BCUT2D eigenvalue weighted by Gasteiger charge is -2.13. The fraction of sp³-hybridized carbons (Fsp3) is 0.833. The Balaban J connectivity index is 1.71. The van der Waals surface area contributed by atoms with Gasteiger partial charge in [-0.2, -0.15) is 0 Å². The van der Waals surface area contributed by atoms with Gasteiger partial charge < -0.3 is 5.32 Å². The van der Waals surface area contributed by atoms with Gasteiger partial charge in [-0.1, -0.05) is 51.9 Å². The van der Waals surface area contributed by atoms with Crippen molar-refractivity contribution in [3.63, 3.8) is 0 Å². The first-order valence-electron chi connectivity index (χ1n) is 9.01. The van der Waals surface area contributed by atoms with E-state index >= 15 is 0 Å². The highest BCUT2D eigenvalue weighted by Gasteiger charge is 2.19. The molecule has 1 unspecified atom stereocenters. The molecular formula is C18H32N2S. The Kier molecular flexibility index (Phi) is 7.73. The topological polar surface area (TPSA) is 24.9 Å². The Bertz CT molecular complexity index is 376. The summed E-state index contributed by atoms with van der Waals surface area (Å²) in [5, 5.41) is 4.83.